The number of amides is 3. The first-order valence-corrected chi connectivity index (χ1v) is 11.3. The number of morpholine rings is 1. The molecule has 2 heterocycles. The second kappa shape index (κ2) is 10.9. The van der Waals surface area contributed by atoms with Crippen molar-refractivity contribution in [3.05, 3.63) is 53.7 Å². The molecular formula is C24H30N4O4. The van der Waals surface area contributed by atoms with Gasteiger partial charge < -0.3 is 25.0 Å². The third kappa shape index (κ3) is 6.20. The topological polar surface area (TPSA) is 92.8 Å². The minimum absolute atomic E-state index is 0.0962. The van der Waals surface area contributed by atoms with Crippen molar-refractivity contribution >= 4 is 17.6 Å². The molecule has 8 heteroatoms. The van der Waals surface area contributed by atoms with E-state index in [0.29, 0.717) is 50.8 Å². The number of benzene rings is 1. The zero-order valence-corrected chi connectivity index (χ0v) is 18.2. The first-order valence-electron chi connectivity index (χ1n) is 11.3. The van der Waals surface area contributed by atoms with E-state index in [1.807, 2.05) is 29.2 Å². The molecule has 4 rings (SSSR count). The smallest absolute Gasteiger partial charge is 0.319 e. The van der Waals surface area contributed by atoms with Gasteiger partial charge in [-0.25, -0.2) is 9.78 Å². The molecule has 3 amide bonds. The van der Waals surface area contributed by atoms with Crippen molar-refractivity contribution in [2.75, 3.05) is 31.6 Å². The van der Waals surface area contributed by atoms with E-state index < -0.39 is 0 Å². The van der Waals surface area contributed by atoms with Crippen LogP contribution >= 0.6 is 0 Å². The summed E-state index contributed by atoms with van der Waals surface area (Å²) in [7, 11) is 0. The van der Waals surface area contributed by atoms with Crippen molar-refractivity contribution in [1.29, 1.82) is 0 Å². The molecule has 2 fully saturated rings. The van der Waals surface area contributed by atoms with Crippen molar-refractivity contribution in [1.82, 2.24) is 15.2 Å². The molecular weight excluding hydrogens is 408 g/mol. The van der Waals surface area contributed by atoms with Crippen molar-refractivity contribution in [2.24, 2.45) is 0 Å². The summed E-state index contributed by atoms with van der Waals surface area (Å²) in [5, 5.41) is 5.69. The first-order chi connectivity index (χ1) is 15.7. The van der Waals surface area contributed by atoms with Gasteiger partial charge >= 0.3 is 6.03 Å². The maximum atomic E-state index is 12.4. The fourth-order valence-corrected chi connectivity index (χ4v) is 3.98. The molecule has 2 aliphatic rings. The van der Waals surface area contributed by atoms with Gasteiger partial charge in [0.1, 0.15) is 6.10 Å². The van der Waals surface area contributed by atoms with Gasteiger partial charge in [0.2, 0.25) is 11.8 Å². The summed E-state index contributed by atoms with van der Waals surface area (Å²) in [6.07, 6.45) is 6.75. The van der Waals surface area contributed by atoms with Gasteiger partial charge in [-0.2, -0.15) is 0 Å². The van der Waals surface area contributed by atoms with E-state index in [0.717, 1.165) is 24.0 Å². The largest absolute Gasteiger partial charge is 0.474 e. The molecule has 1 aliphatic carbocycles. The highest BCUT2D eigenvalue weighted by Gasteiger charge is 2.19. The summed E-state index contributed by atoms with van der Waals surface area (Å²) >= 11 is 0. The Morgan fingerprint density at radius 1 is 1.09 bits per heavy atom. The zero-order valence-electron chi connectivity index (χ0n) is 18.2. The summed E-state index contributed by atoms with van der Waals surface area (Å²) in [5.74, 6) is 0.688. The highest BCUT2D eigenvalue weighted by molar-refractivity contribution is 5.89. The van der Waals surface area contributed by atoms with E-state index in [4.69, 9.17) is 9.47 Å². The predicted octanol–water partition coefficient (Wildman–Crippen LogP) is 3.13. The lowest BCUT2D eigenvalue weighted by molar-refractivity contribution is -0.134. The molecule has 1 aliphatic heterocycles. The van der Waals surface area contributed by atoms with Crippen molar-refractivity contribution < 1.29 is 19.1 Å². The van der Waals surface area contributed by atoms with Gasteiger partial charge in [-0.05, 0) is 49.4 Å². The van der Waals surface area contributed by atoms with Crippen LogP contribution in [0, 0.1) is 0 Å². The van der Waals surface area contributed by atoms with E-state index in [1.54, 1.807) is 18.3 Å². The Balaban J connectivity index is 1.25. The molecule has 0 radical (unpaired) electrons. The van der Waals surface area contributed by atoms with Gasteiger partial charge in [-0.1, -0.05) is 18.2 Å². The Hall–Kier alpha value is -3.13. The predicted molar refractivity (Wildman–Crippen MR) is 121 cm³/mol. The van der Waals surface area contributed by atoms with Crippen LogP contribution in [0.4, 0.5) is 10.5 Å². The quantitative estimate of drug-likeness (QED) is 0.693. The normalized spacial score (nSPS) is 16.6. The number of ether oxygens (including phenoxy) is 2. The lowest BCUT2D eigenvalue weighted by Gasteiger charge is -2.26. The number of nitrogens with zero attached hydrogens (tertiary/aromatic N) is 2. The number of aromatic nitrogens is 1. The number of rotatable bonds is 7. The molecule has 0 unspecified atom stereocenters. The second-order valence-electron chi connectivity index (χ2n) is 8.17. The van der Waals surface area contributed by atoms with Crippen LogP contribution in [-0.4, -0.2) is 54.2 Å². The monoisotopic (exact) mass is 438 g/mol. The van der Waals surface area contributed by atoms with Crippen LogP contribution in [-0.2, 0) is 22.5 Å². The van der Waals surface area contributed by atoms with E-state index in [-0.39, 0.29) is 18.0 Å². The number of carbonyl (C=O) groups is 2. The number of anilines is 1. The van der Waals surface area contributed by atoms with Crippen LogP contribution in [0.2, 0.25) is 0 Å². The summed E-state index contributed by atoms with van der Waals surface area (Å²) in [4.78, 5) is 30.9. The number of nitrogens with one attached hydrogen (secondary N) is 2. The van der Waals surface area contributed by atoms with E-state index in [1.165, 1.54) is 12.8 Å². The number of hydrogen-bond acceptors (Lipinski definition) is 5. The molecule has 1 saturated carbocycles. The molecule has 1 aromatic carbocycles. The van der Waals surface area contributed by atoms with Gasteiger partial charge in [0, 0.05) is 37.1 Å². The van der Waals surface area contributed by atoms with Crippen LogP contribution in [0.15, 0.2) is 42.6 Å². The Bertz CT molecular complexity index is 906. The SMILES string of the molecule is O=C(NCc1cccnc1OC1CCCC1)Nc1ccc(CC(=O)N2CCOCC2)cc1. The van der Waals surface area contributed by atoms with Gasteiger partial charge in [0.05, 0.1) is 19.6 Å². The van der Waals surface area contributed by atoms with Crippen LogP contribution in [0.3, 0.4) is 0 Å². The Morgan fingerprint density at radius 3 is 2.59 bits per heavy atom. The Kier molecular flexibility index (Phi) is 7.55. The average Bonchev–Trinajstić information content (AvgIpc) is 3.33. The van der Waals surface area contributed by atoms with Crippen LogP contribution in [0.25, 0.3) is 0 Å². The standard InChI is InChI=1S/C24H30N4O4/c29-22(28-12-14-31-15-13-28)16-18-7-9-20(10-8-18)27-24(30)26-17-19-4-3-11-25-23(19)32-21-5-1-2-6-21/h3-4,7-11,21H,1-2,5-6,12-17H2,(H2,26,27,30). The van der Waals surface area contributed by atoms with Crippen LogP contribution < -0.4 is 15.4 Å². The third-order valence-electron chi connectivity index (χ3n) is 5.80. The lowest BCUT2D eigenvalue weighted by Crippen LogP contribution is -2.41. The zero-order chi connectivity index (χ0) is 22.2. The van der Waals surface area contributed by atoms with Crippen molar-refractivity contribution in [3.8, 4) is 5.88 Å². The fourth-order valence-electron chi connectivity index (χ4n) is 3.98. The van der Waals surface area contributed by atoms with E-state index >= 15 is 0 Å². The number of carbonyl (C=O) groups excluding carboxylic acids is 2. The summed E-state index contributed by atoms with van der Waals surface area (Å²) in [5.41, 5.74) is 2.43. The minimum atomic E-state index is -0.308. The number of hydrogen-bond donors (Lipinski definition) is 2. The van der Waals surface area contributed by atoms with E-state index in [9.17, 15) is 9.59 Å². The maximum Gasteiger partial charge on any atom is 0.319 e. The van der Waals surface area contributed by atoms with Crippen molar-refractivity contribution in [2.45, 2.75) is 44.8 Å². The molecule has 0 bridgehead atoms. The molecule has 1 saturated heterocycles. The molecule has 1 aromatic heterocycles. The van der Waals surface area contributed by atoms with Crippen LogP contribution in [0.1, 0.15) is 36.8 Å². The average molecular weight is 439 g/mol. The van der Waals surface area contributed by atoms with Gasteiger partial charge in [-0.15, -0.1) is 0 Å². The maximum absolute atomic E-state index is 12.4. The third-order valence-corrected chi connectivity index (χ3v) is 5.80. The van der Waals surface area contributed by atoms with Gasteiger partial charge in [-0.3, -0.25) is 4.79 Å². The highest BCUT2D eigenvalue weighted by atomic mass is 16.5. The summed E-state index contributed by atoms with van der Waals surface area (Å²) in [6, 6.07) is 10.8. The molecule has 170 valence electrons. The second-order valence-corrected chi connectivity index (χ2v) is 8.17. The molecule has 0 atom stereocenters. The number of pyridine rings is 1. The molecule has 0 spiro atoms. The number of urea groups is 1. The Morgan fingerprint density at radius 2 is 1.84 bits per heavy atom. The van der Waals surface area contributed by atoms with Gasteiger partial charge in [0.25, 0.3) is 0 Å². The van der Waals surface area contributed by atoms with Gasteiger partial charge in [0.15, 0.2) is 0 Å². The van der Waals surface area contributed by atoms with Crippen molar-refractivity contribution in [3.63, 3.8) is 0 Å². The minimum Gasteiger partial charge on any atom is -0.474 e. The lowest BCUT2D eigenvalue weighted by atomic mass is 10.1. The molecule has 2 N–H and O–H groups in total. The highest BCUT2D eigenvalue weighted by Crippen LogP contribution is 2.25. The fraction of sp³-hybridized carbons (Fsp3) is 0.458. The Labute approximate surface area is 188 Å². The molecule has 2 aromatic rings. The first kappa shape index (κ1) is 22.1. The summed E-state index contributed by atoms with van der Waals surface area (Å²) < 4.78 is 11.3. The molecule has 32 heavy (non-hydrogen) atoms. The van der Waals surface area contributed by atoms with E-state index in [2.05, 4.69) is 15.6 Å². The van der Waals surface area contributed by atoms with Crippen LogP contribution in [0.5, 0.6) is 5.88 Å². The molecule has 8 nitrogen and oxygen atoms in total. The summed E-state index contributed by atoms with van der Waals surface area (Å²) in [6.45, 7) is 2.80.